The van der Waals surface area contributed by atoms with E-state index in [0.29, 0.717) is 49.6 Å². The second-order valence-corrected chi connectivity index (χ2v) is 8.71. The van der Waals surface area contributed by atoms with Gasteiger partial charge in [0.25, 0.3) is 0 Å². The van der Waals surface area contributed by atoms with Crippen molar-refractivity contribution in [1.82, 2.24) is 15.6 Å². The van der Waals surface area contributed by atoms with Gasteiger partial charge in [0.1, 0.15) is 6.61 Å². The van der Waals surface area contributed by atoms with Crippen LogP contribution < -0.4 is 15.4 Å². The molecule has 2 aromatic rings. The smallest absolute Gasteiger partial charge is 0.218 e. The Balaban J connectivity index is 0.00000480. The third kappa shape index (κ3) is 8.99. The van der Waals surface area contributed by atoms with Crippen LogP contribution in [0.5, 0.6) is 5.88 Å². The highest BCUT2D eigenvalue weighted by atomic mass is 127. The highest BCUT2D eigenvalue weighted by molar-refractivity contribution is 14.0. The Kier molecular flexibility index (Phi) is 11.8. The second-order valence-electron chi connectivity index (χ2n) is 6.73. The minimum Gasteiger partial charge on any atom is -0.475 e. The highest BCUT2D eigenvalue weighted by Crippen LogP contribution is 2.17. The number of nitrogens with zero attached hydrogens (tertiary/aromatic N) is 2. The Morgan fingerprint density at radius 3 is 2.61 bits per heavy atom. The fourth-order valence-electron chi connectivity index (χ4n) is 2.83. The van der Waals surface area contributed by atoms with Gasteiger partial charge in [0.15, 0.2) is 15.8 Å². The summed E-state index contributed by atoms with van der Waals surface area (Å²) in [6.07, 6.45) is 2.90. The predicted molar refractivity (Wildman–Crippen MR) is 133 cm³/mol. The second kappa shape index (κ2) is 13.5. The molecule has 0 saturated heterocycles. The Bertz CT molecular complexity index is 968. The summed E-state index contributed by atoms with van der Waals surface area (Å²) in [4.78, 5) is 9.22. The molecule has 2 N–H and O–H groups in total. The summed E-state index contributed by atoms with van der Waals surface area (Å²) in [5.74, 6) is 1.21. The standard InChI is InChI=1S/C21H30N4O4S.HI/c1-5-22-21(24-14-17-8-9-19(16(2)13-17)30(4,26)27)25-15-18-7-6-10-23-20(18)29-12-11-28-3;/h6-10,13H,5,11-12,14-15H2,1-4H3,(H2,22,24,25);1H. The first kappa shape index (κ1) is 27.1. The molecule has 0 fully saturated rings. The number of halogens is 1. The van der Waals surface area contributed by atoms with Crippen molar-refractivity contribution in [2.24, 2.45) is 4.99 Å². The zero-order chi connectivity index (χ0) is 22.0. The summed E-state index contributed by atoms with van der Waals surface area (Å²) >= 11 is 0. The van der Waals surface area contributed by atoms with Gasteiger partial charge in [0, 0.05) is 38.2 Å². The normalized spacial score (nSPS) is 11.5. The number of aliphatic imine (C=N–C) groups is 1. The Morgan fingerprint density at radius 2 is 1.97 bits per heavy atom. The number of hydrogen-bond acceptors (Lipinski definition) is 6. The van der Waals surface area contributed by atoms with E-state index >= 15 is 0 Å². The van der Waals surface area contributed by atoms with Crippen LogP contribution in [-0.4, -0.2) is 52.5 Å². The predicted octanol–water partition coefficient (Wildman–Crippen LogP) is 2.69. The minimum absolute atomic E-state index is 0. The number of guanidine groups is 1. The number of rotatable bonds is 10. The molecule has 1 aromatic carbocycles. The molecule has 0 spiro atoms. The molecule has 0 bridgehead atoms. The van der Waals surface area contributed by atoms with E-state index in [1.54, 1.807) is 32.4 Å². The van der Waals surface area contributed by atoms with Crippen molar-refractivity contribution in [3.8, 4) is 5.88 Å². The fourth-order valence-corrected chi connectivity index (χ4v) is 3.79. The number of nitrogens with one attached hydrogen (secondary N) is 2. The van der Waals surface area contributed by atoms with Crippen LogP contribution in [0.25, 0.3) is 0 Å². The van der Waals surface area contributed by atoms with Crippen molar-refractivity contribution in [3.05, 3.63) is 53.2 Å². The summed E-state index contributed by atoms with van der Waals surface area (Å²) in [7, 11) is -1.60. The zero-order valence-corrected chi connectivity index (χ0v) is 21.5. The number of hydrogen-bond donors (Lipinski definition) is 2. The molecule has 0 aliphatic carbocycles. The molecule has 10 heteroatoms. The molecule has 8 nitrogen and oxygen atoms in total. The first-order chi connectivity index (χ1) is 14.3. The van der Waals surface area contributed by atoms with Crippen molar-refractivity contribution in [1.29, 1.82) is 0 Å². The van der Waals surface area contributed by atoms with Crippen LogP contribution >= 0.6 is 24.0 Å². The summed E-state index contributed by atoms with van der Waals surface area (Å²) in [5.41, 5.74) is 2.56. The van der Waals surface area contributed by atoms with Gasteiger partial charge in [-0.2, -0.15) is 0 Å². The number of pyridine rings is 1. The molecule has 0 aliphatic rings. The van der Waals surface area contributed by atoms with Gasteiger partial charge in [-0.25, -0.2) is 18.4 Å². The van der Waals surface area contributed by atoms with Crippen molar-refractivity contribution in [2.45, 2.75) is 31.8 Å². The highest BCUT2D eigenvalue weighted by Gasteiger charge is 2.11. The maximum Gasteiger partial charge on any atom is 0.218 e. The minimum atomic E-state index is -3.23. The van der Waals surface area contributed by atoms with E-state index in [9.17, 15) is 8.42 Å². The topological polar surface area (TPSA) is 102 Å². The number of aromatic nitrogens is 1. The van der Waals surface area contributed by atoms with Crippen molar-refractivity contribution >= 4 is 39.8 Å². The molecule has 1 heterocycles. The molecule has 0 aliphatic heterocycles. The lowest BCUT2D eigenvalue weighted by Gasteiger charge is -2.14. The monoisotopic (exact) mass is 562 g/mol. The maximum absolute atomic E-state index is 11.8. The van der Waals surface area contributed by atoms with E-state index in [2.05, 4.69) is 20.6 Å². The van der Waals surface area contributed by atoms with Gasteiger partial charge >= 0.3 is 0 Å². The molecule has 172 valence electrons. The number of sulfone groups is 1. The van der Waals surface area contributed by atoms with Crippen LogP contribution in [0.4, 0.5) is 0 Å². The quantitative estimate of drug-likeness (QED) is 0.199. The van der Waals surface area contributed by atoms with E-state index < -0.39 is 9.84 Å². The SMILES string of the molecule is CCNC(=NCc1ccc(S(C)(=O)=O)c(C)c1)NCc1cccnc1OCCOC.I. The van der Waals surface area contributed by atoms with Gasteiger partial charge in [-0.15, -0.1) is 24.0 Å². The lowest BCUT2D eigenvalue weighted by molar-refractivity contribution is 0.143. The maximum atomic E-state index is 11.8. The lowest BCUT2D eigenvalue weighted by Crippen LogP contribution is -2.37. The Labute approximate surface area is 201 Å². The van der Waals surface area contributed by atoms with Crippen LogP contribution in [0.15, 0.2) is 46.4 Å². The van der Waals surface area contributed by atoms with Gasteiger partial charge in [-0.1, -0.05) is 18.2 Å². The van der Waals surface area contributed by atoms with Crippen molar-refractivity contribution in [3.63, 3.8) is 0 Å². The molecule has 0 saturated carbocycles. The Morgan fingerprint density at radius 1 is 1.19 bits per heavy atom. The van der Waals surface area contributed by atoms with Gasteiger partial charge < -0.3 is 20.1 Å². The molecule has 2 rings (SSSR count). The molecule has 0 radical (unpaired) electrons. The lowest BCUT2D eigenvalue weighted by atomic mass is 10.1. The number of benzene rings is 1. The third-order valence-corrected chi connectivity index (χ3v) is 5.48. The average Bonchev–Trinajstić information content (AvgIpc) is 2.70. The van der Waals surface area contributed by atoms with Crippen molar-refractivity contribution < 1.29 is 17.9 Å². The Hall–Kier alpha value is -1.92. The molecule has 1 aromatic heterocycles. The molecular weight excluding hydrogens is 531 g/mol. The van der Waals surface area contributed by atoms with E-state index in [-0.39, 0.29) is 24.0 Å². The van der Waals surface area contributed by atoms with E-state index in [0.717, 1.165) is 16.7 Å². The van der Waals surface area contributed by atoms with E-state index in [1.807, 2.05) is 25.1 Å². The van der Waals surface area contributed by atoms with E-state index in [1.165, 1.54) is 6.26 Å². The van der Waals surface area contributed by atoms with Crippen LogP contribution in [0.1, 0.15) is 23.6 Å². The van der Waals surface area contributed by atoms with E-state index in [4.69, 9.17) is 9.47 Å². The summed E-state index contributed by atoms with van der Waals surface area (Å²) in [6.45, 7) is 6.33. The number of aryl methyl sites for hydroxylation is 1. The number of ether oxygens (including phenoxy) is 2. The first-order valence-electron chi connectivity index (χ1n) is 9.72. The first-order valence-corrected chi connectivity index (χ1v) is 11.6. The van der Waals surface area contributed by atoms with Crippen LogP contribution in [-0.2, 0) is 27.7 Å². The number of methoxy groups -OCH3 is 1. The summed E-state index contributed by atoms with van der Waals surface area (Å²) in [6, 6.07) is 9.08. The largest absolute Gasteiger partial charge is 0.475 e. The molecule has 0 atom stereocenters. The molecule has 0 unspecified atom stereocenters. The van der Waals surface area contributed by atoms with Crippen LogP contribution in [0.3, 0.4) is 0 Å². The summed E-state index contributed by atoms with van der Waals surface area (Å²) < 4.78 is 34.2. The average molecular weight is 562 g/mol. The van der Waals surface area contributed by atoms with Gasteiger partial charge in [-0.3, -0.25) is 0 Å². The fraction of sp³-hybridized carbons (Fsp3) is 0.429. The molecule has 0 amide bonds. The zero-order valence-electron chi connectivity index (χ0n) is 18.3. The summed E-state index contributed by atoms with van der Waals surface area (Å²) in [5, 5.41) is 6.49. The van der Waals surface area contributed by atoms with Gasteiger partial charge in [-0.05, 0) is 37.1 Å². The van der Waals surface area contributed by atoms with Crippen LogP contribution in [0.2, 0.25) is 0 Å². The van der Waals surface area contributed by atoms with Gasteiger partial charge in [0.2, 0.25) is 5.88 Å². The van der Waals surface area contributed by atoms with Gasteiger partial charge in [0.05, 0.1) is 18.0 Å². The third-order valence-electron chi connectivity index (χ3n) is 4.23. The van der Waals surface area contributed by atoms with Crippen LogP contribution in [0, 0.1) is 6.92 Å². The molecule has 31 heavy (non-hydrogen) atoms. The molecular formula is C21H31IN4O4S. The van der Waals surface area contributed by atoms with Crippen molar-refractivity contribution in [2.75, 3.05) is 33.1 Å².